The number of methoxy groups -OCH3 is 1. The zero-order valence-corrected chi connectivity index (χ0v) is 27.4. The maximum atomic E-state index is 6.37. The van der Waals surface area contributed by atoms with Gasteiger partial charge in [0.1, 0.15) is 6.61 Å². The van der Waals surface area contributed by atoms with E-state index in [2.05, 4.69) is 64.7 Å². The zero-order valence-electron chi connectivity index (χ0n) is 26.6. The smallest absolute Gasteiger partial charge is 0.263 e. The van der Waals surface area contributed by atoms with Crippen LogP contribution < -0.4 is 18.9 Å². The van der Waals surface area contributed by atoms with Gasteiger partial charge >= 0.3 is 0 Å². The lowest BCUT2D eigenvalue weighted by molar-refractivity contribution is -0.0170. The molecule has 230 valence electrons. The van der Waals surface area contributed by atoms with Crippen molar-refractivity contribution in [2.45, 2.75) is 71.3 Å². The van der Waals surface area contributed by atoms with Crippen LogP contribution in [0, 0.1) is 0 Å². The van der Waals surface area contributed by atoms with Crippen molar-refractivity contribution in [2.75, 3.05) is 25.0 Å². The van der Waals surface area contributed by atoms with E-state index in [9.17, 15) is 0 Å². The Morgan fingerprint density at radius 1 is 0.767 bits per heavy atom. The minimum absolute atomic E-state index is 0.0621. The Kier molecular flexibility index (Phi) is 12.1. The molecule has 2 aromatic carbocycles. The molecule has 0 aliphatic carbocycles. The van der Waals surface area contributed by atoms with Crippen molar-refractivity contribution in [3.63, 3.8) is 0 Å². The van der Waals surface area contributed by atoms with E-state index in [1.165, 1.54) is 17.5 Å². The second-order valence-electron chi connectivity index (χ2n) is 11.1. The Morgan fingerprint density at radius 2 is 1.42 bits per heavy atom. The normalized spacial score (nSPS) is 11.3. The van der Waals surface area contributed by atoms with Crippen molar-refractivity contribution >= 4 is 17.8 Å². The second kappa shape index (κ2) is 15.5. The average molecular weight is 606 g/mol. The number of para-hydroxylation sites is 2. The first-order valence-electron chi connectivity index (χ1n) is 14.3. The summed E-state index contributed by atoms with van der Waals surface area (Å²) >= 11 is 1.40. The van der Waals surface area contributed by atoms with Gasteiger partial charge in [-0.05, 0) is 74.0 Å². The molecule has 0 amide bonds. The Morgan fingerprint density at radius 3 is 2.02 bits per heavy atom. The fraction of sp³-hybridized carbons (Fsp3) is 0.394. The van der Waals surface area contributed by atoms with Gasteiger partial charge in [0.25, 0.3) is 5.88 Å². The number of nitrogens with zero attached hydrogens (tertiary/aromatic N) is 4. The summed E-state index contributed by atoms with van der Waals surface area (Å²) < 4.78 is 27.2. The molecule has 10 heteroatoms. The summed E-state index contributed by atoms with van der Waals surface area (Å²) in [5.74, 6) is 2.60. The van der Waals surface area contributed by atoms with Crippen LogP contribution in [0.15, 0.2) is 71.9 Å². The number of ether oxygens (including phenoxy) is 4. The highest BCUT2D eigenvalue weighted by atomic mass is 32.2. The highest BCUT2D eigenvalue weighted by molar-refractivity contribution is 8.00. The quantitative estimate of drug-likeness (QED) is 0.132. The van der Waals surface area contributed by atoms with E-state index in [1.807, 2.05) is 58.9 Å². The predicted octanol–water partition coefficient (Wildman–Crippen LogP) is 8.37. The van der Waals surface area contributed by atoms with Gasteiger partial charge in [-0.1, -0.05) is 58.9 Å². The molecule has 0 aliphatic heterocycles. The summed E-state index contributed by atoms with van der Waals surface area (Å²) in [5, 5.41) is 0. The SMILES string of the molecule is CC.COc1ccccc1Oc1c(NSc2ccc(C(C)(C)C)cc2)nc(-c2ncccn2)nc1OCCOC(C)(C)C. The average Bonchev–Trinajstić information content (AvgIpc) is 3.00. The zero-order chi connectivity index (χ0) is 31.5. The number of hydrogen-bond acceptors (Lipinski definition) is 10. The largest absolute Gasteiger partial charge is 0.493 e. The minimum Gasteiger partial charge on any atom is -0.493 e. The first-order chi connectivity index (χ1) is 20.5. The van der Waals surface area contributed by atoms with Crippen LogP contribution in [0.5, 0.6) is 23.1 Å². The third-order valence-electron chi connectivity index (χ3n) is 5.72. The van der Waals surface area contributed by atoms with E-state index >= 15 is 0 Å². The van der Waals surface area contributed by atoms with Gasteiger partial charge in [-0.2, -0.15) is 4.98 Å². The predicted molar refractivity (Wildman–Crippen MR) is 173 cm³/mol. The Labute approximate surface area is 259 Å². The third-order valence-corrected chi connectivity index (χ3v) is 6.53. The topological polar surface area (TPSA) is 101 Å². The van der Waals surface area contributed by atoms with Crippen LogP contribution >= 0.6 is 11.9 Å². The Balaban J connectivity index is 0.00000248. The van der Waals surface area contributed by atoms with Crippen LogP contribution in [0.4, 0.5) is 5.82 Å². The molecule has 0 saturated heterocycles. The highest BCUT2D eigenvalue weighted by Gasteiger charge is 2.23. The Hall–Kier alpha value is -3.89. The molecular weight excluding hydrogens is 562 g/mol. The molecule has 0 unspecified atom stereocenters. The van der Waals surface area contributed by atoms with Crippen molar-refractivity contribution in [1.29, 1.82) is 0 Å². The number of aromatic nitrogens is 4. The summed E-state index contributed by atoms with van der Waals surface area (Å²) in [6.45, 7) is 17.2. The summed E-state index contributed by atoms with van der Waals surface area (Å²) in [6.07, 6.45) is 3.28. The van der Waals surface area contributed by atoms with E-state index in [4.69, 9.17) is 23.9 Å². The maximum Gasteiger partial charge on any atom is 0.263 e. The van der Waals surface area contributed by atoms with Crippen molar-refractivity contribution in [3.8, 4) is 34.8 Å². The molecule has 4 rings (SSSR count). The molecule has 9 nitrogen and oxygen atoms in total. The van der Waals surface area contributed by atoms with Gasteiger partial charge in [-0.15, -0.1) is 0 Å². The van der Waals surface area contributed by atoms with Crippen LogP contribution in [0.2, 0.25) is 0 Å². The van der Waals surface area contributed by atoms with Crippen molar-refractivity contribution < 1.29 is 18.9 Å². The van der Waals surface area contributed by atoms with E-state index in [-0.39, 0.29) is 29.3 Å². The number of nitrogens with one attached hydrogen (secondary N) is 1. The molecule has 0 spiro atoms. The summed E-state index contributed by atoms with van der Waals surface area (Å²) in [7, 11) is 1.59. The Bertz CT molecular complexity index is 1420. The maximum absolute atomic E-state index is 6.37. The number of benzene rings is 2. The molecule has 0 saturated carbocycles. The van der Waals surface area contributed by atoms with Crippen molar-refractivity contribution in [2.24, 2.45) is 0 Å². The van der Waals surface area contributed by atoms with Gasteiger partial charge in [0.15, 0.2) is 23.1 Å². The lowest BCUT2D eigenvalue weighted by Gasteiger charge is -2.21. The van der Waals surface area contributed by atoms with E-state index in [0.717, 1.165) is 4.90 Å². The fourth-order valence-electron chi connectivity index (χ4n) is 3.63. The fourth-order valence-corrected chi connectivity index (χ4v) is 4.26. The second-order valence-corrected chi connectivity index (χ2v) is 12.0. The molecule has 0 atom stereocenters. The van der Waals surface area contributed by atoms with Crippen LogP contribution in [-0.4, -0.2) is 45.9 Å². The third kappa shape index (κ3) is 10.1. The van der Waals surface area contributed by atoms with Crippen molar-refractivity contribution in [1.82, 2.24) is 19.9 Å². The van der Waals surface area contributed by atoms with Gasteiger partial charge in [0, 0.05) is 17.3 Å². The molecule has 43 heavy (non-hydrogen) atoms. The standard InChI is InChI=1S/C31H37N5O4S.C2H6/c1-30(2,3)21-13-15-22(16-14-21)41-36-26-25(40-24-12-9-8-11-23(24)37-7)29(38-19-20-39-31(4,5)6)35-28(34-26)27-32-17-10-18-33-27;1-2/h8-18H,19-20H2,1-7H3,(H,34,35,36);1-2H3. The van der Waals surface area contributed by atoms with E-state index in [1.54, 1.807) is 25.6 Å². The van der Waals surface area contributed by atoms with Gasteiger partial charge in [-0.3, -0.25) is 0 Å². The lowest BCUT2D eigenvalue weighted by Crippen LogP contribution is -2.22. The van der Waals surface area contributed by atoms with Crippen LogP contribution in [0.25, 0.3) is 11.6 Å². The van der Waals surface area contributed by atoms with Gasteiger partial charge in [0.2, 0.25) is 11.6 Å². The van der Waals surface area contributed by atoms with Gasteiger partial charge < -0.3 is 23.7 Å². The molecule has 2 aromatic heterocycles. The molecule has 1 N–H and O–H groups in total. The van der Waals surface area contributed by atoms with E-state index < -0.39 is 0 Å². The summed E-state index contributed by atoms with van der Waals surface area (Å²) in [6, 6.07) is 17.5. The van der Waals surface area contributed by atoms with Crippen LogP contribution in [0.1, 0.15) is 61.0 Å². The summed E-state index contributed by atoms with van der Waals surface area (Å²) in [5.41, 5.74) is 1.01. The van der Waals surface area contributed by atoms with E-state index in [0.29, 0.717) is 35.5 Å². The molecule has 0 fully saturated rings. The lowest BCUT2D eigenvalue weighted by atomic mass is 9.87. The molecule has 0 bridgehead atoms. The summed E-state index contributed by atoms with van der Waals surface area (Å²) in [4.78, 5) is 19.1. The monoisotopic (exact) mass is 605 g/mol. The highest BCUT2D eigenvalue weighted by Crippen LogP contribution is 2.42. The first kappa shape index (κ1) is 33.6. The number of anilines is 1. The van der Waals surface area contributed by atoms with Crippen LogP contribution in [0.3, 0.4) is 0 Å². The molecule has 0 radical (unpaired) electrons. The number of rotatable bonds is 11. The number of hydrogen-bond donors (Lipinski definition) is 1. The van der Waals surface area contributed by atoms with Gasteiger partial charge in [0.05, 0.1) is 19.3 Å². The van der Waals surface area contributed by atoms with Crippen LogP contribution in [-0.2, 0) is 10.2 Å². The molecular formula is C33H43N5O4S. The molecule has 4 aromatic rings. The van der Waals surface area contributed by atoms with Gasteiger partial charge in [-0.25, -0.2) is 15.0 Å². The first-order valence-corrected chi connectivity index (χ1v) is 15.2. The minimum atomic E-state index is -0.305. The van der Waals surface area contributed by atoms with Crippen molar-refractivity contribution in [3.05, 3.63) is 72.6 Å². The molecule has 0 aliphatic rings. The molecule has 2 heterocycles.